The molecule has 5 nitrogen and oxygen atoms in total. The number of amides is 1. The first-order valence-electron chi connectivity index (χ1n) is 7.88. The van der Waals surface area contributed by atoms with E-state index in [9.17, 15) is 4.79 Å². The van der Waals surface area contributed by atoms with E-state index in [2.05, 4.69) is 9.88 Å². The lowest BCUT2D eigenvalue weighted by molar-refractivity contribution is -0.0194. The maximum atomic E-state index is 11.5. The summed E-state index contributed by atoms with van der Waals surface area (Å²) in [7, 11) is 0. The second-order valence-corrected chi connectivity index (χ2v) is 5.99. The molecule has 0 aromatic carbocycles. The second kappa shape index (κ2) is 6.43. The van der Waals surface area contributed by atoms with E-state index >= 15 is 0 Å². The first kappa shape index (κ1) is 14.3. The molecular weight excluding hydrogens is 266 g/mol. The fraction of sp³-hybridized carbons (Fsp3) is 0.625. The zero-order chi connectivity index (χ0) is 14.7. The average Bonchev–Trinajstić information content (AvgIpc) is 3.01. The van der Waals surface area contributed by atoms with Gasteiger partial charge in [-0.25, -0.2) is 0 Å². The van der Waals surface area contributed by atoms with Gasteiger partial charge in [0.1, 0.15) is 0 Å². The molecule has 1 amide bonds. The molecule has 2 fully saturated rings. The van der Waals surface area contributed by atoms with Crippen molar-refractivity contribution in [3.63, 3.8) is 0 Å². The minimum Gasteiger partial charge on any atom is -0.375 e. The predicted octanol–water partition coefficient (Wildman–Crippen LogP) is 2.11. The summed E-state index contributed by atoms with van der Waals surface area (Å²) < 4.78 is 6.18. The van der Waals surface area contributed by atoms with Gasteiger partial charge in [0, 0.05) is 25.5 Å². The van der Waals surface area contributed by atoms with E-state index in [1.165, 1.54) is 25.7 Å². The number of nitrogens with two attached hydrogens (primary N) is 1. The zero-order valence-electron chi connectivity index (χ0n) is 12.3. The van der Waals surface area contributed by atoms with E-state index in [4.69, 9.17) is 10.5 Å². The van der Waals surface area contributed by atoms with E-state index in [-0.39, 0.29) is 0 Å². The third kappa shape index (κ3) is 3.35. The number of pyridine rings is 1. The van der Waals surface area contributed by atoms with Crippen molar-refractivity contribution in [1.29, 1.82) is 0 Å². The van der Waals surface area contributed by atoms with E-state index in [0.717, 1.165) is 31.6 Å². The first-order valence-corrected chi connectivity index (χ1v) is 7.88. The maximum absolute atomic E-state index is 11.5. The Morgan fingerprint density at radius 2 is 1.86 bits per heavy atom. The summed E-state index contributed by atoms with van der Waals surface area (Å²) in [5.74, 6) is -0.414. The molecule has 3 rings (SSSR count). The Balaban J connectivity index is 1.59. The highest BCUT2D eigenvalue weighted by Crippen LogP contribution is 2.28. The molecule has 1 saturated carbocycles. The Kier molecular flexibility index (Phi) is 4.39. The van der Waals surface area contributed by atoms with Crippen LogP contribution in [0.1, 0.15) is 48.9 Å². The average molecular weight is 289 g/mol. The molecule has 0 radical (unpaired) electrons. The van der Waals surface area contributed by atoms with Gasteiger partial charge in [0.2, 0.25) is 0 Å². The highest BCUT2D eigenvalue weighted by Gasteiger charge is 2.26. The van der Waals surface area contributed by atoms with Gasteiger partial charge in [0.15, 0.2) is 0 Å². The van der Waals surface area contributed by atoms with Crippen molar-refractivity contribution in [1.82, 2.24) is 4.98 Å². The van der Waals surface area contributed by atoms with E-state index in [0.29, 0.717) is 17.8 Å². The van der Waals surface area contributed by atoms with Crippen molar-refractivity contribution in [2.75, 3.05) is 18.0 Å². The largest absolute Gasteiger partial charge is 0.375 e. The van der Waals surface area contributed by atoms with Gasteiger partial charge >= 0.3 is 0 Å². The van der Waals surface area contributed by atoms with Crippen molar-refractivity contribution in [2.24, 2.45) is 5.73 Å². The topological polar surface area (TPSA) is 68.5 Å². The van der Waals surface area contributed by atoms with Gasteiger partial charge in [-0.15, -0.1) is 0 Å². The summed E-state index contributed by atoms with van der Waals surface area (Å²) in [4.78, 5) is 17.7. The predicted molar refractivity (Wildman–Crippen MR) is 81.3 cm³/mol. The van der Waals surface area contributed by atoms with Crippen LogP contribution < -0.4 is 10.6 Å². The molecule has 5 heteroatoms. The first-order chi connectivity index (χ1) is 10.2. The molecular formula is C16H23N3O2. The van der Waals surface area contributed by atoms with Gasteiger partial charge in [-0.3, -0.25) is 9.78 Å². The van der Waals surface area contributed by atoms with Crippen LogP contribution >= 0.6 is 0 Å². The van der Waals surface area contributed by atoms with Crippen LogP contribution in [0.5, 0.6) is 0 Å². The molecule has 1 aliphatic heterocycles. The molecule has 0 atom stereocenters. The number of nitrogens with zero attached hydrogens (tertiary/aromatic N) is 2. The molecule has 1 aromatic heterocycles. The Morgan fingerprint density at radius 3 is 2.52 bits per heavy atom. The molecule has 0 bridgehead atoms. The van der Waals surface area contributed by atoms with Crippen molar-refractivity contribution in [3.05, 3.63) is 24.0 Å². The molecule has 21 heavy (non-hydrogen) atoms. The van der Waals surface area contributed by atoms with E-state index < -0.39 is 5.91 Å². The molecule has 0 unspecified atom stereocenters. The number of carbonyl (C=O) groups excluding carboxylic acids is 1. The van der Waals surface area contributed by atoms with E-state index in [1.54, 1.807) is 12.4 Å². The quantitative estimate of drug-likeness (QED) is 0.921. The molecule has 2 N–H and O–H groups in total. The standard InChI is InChI=1S/C16H23N3O2/c17-16(20)14-11-18-8-5-15(14)19-9-6-13(7-10-19)21-12-3-1-2-4-12/h5,8,11-13H,1-4,6-7,9-10H2,(H2,17,20). The third-order valence-corrected chi connectivity index (χ3v) is 4.53. The molecule has 2 heterocycles. The van der Waals surface area contributed by atoms with Gasteiger partial charge in [0.25, 0.3) is 5.91 Å². The lowest BCUT2D eigenvalue weighted by atomic mass is 10.1. The van der Waals surface area contributed by atoms with Crippen LogP contribution in [0.4, 0.5) is 5.69 Å². The molecule has 1 saturated heterocycles. The minimum absolute atomic E-state index is 0.364. The normalized spacial score (nSPS) is 20.9. The molecule has 2 aliphatic rings. The highest BCUT2D eigenvalue weighted by molar-refractivity contribution is 5.98. The van der Waals surface area contributed by atoms with Gasteiger partial charge in [-0.1, -0.05) is 12.8 Å². The van der Waals surface area contributed by atoms with Gasteiger partial charge in [-0.2, -0.15) is 0 Å². The molecule has 1 aromatic rings. The summed E-state index contributed by atoms with van der Waals surface area (Å²) in [6.07, 6.45) is 11.2. The van der Waals surface area contributed by atoms with Crippen molar-refractivity contribution >= 4 is 11.6 Å². The minimum atomic E-state index is -0.414. The Labute approximate surface area is 125 Å². The monoisotopic (exact) mass is 289 g/mol. The Bertz CT molecular complexity index is 492. The summed E-state index contributed by atoms with van der Waals surface area (Å²) in [5.41, 5.74) is 6.83. The number of carbonyl (C=O) groups is 1. The number of hydrogen-bond acceptors (Lipinski definition) is 4. The maximum Gasteiger partial charge on any atom is 0.252 e. The number of ether oxygens (including phenoxy) is 1. The van der Waals surface area contributed by atoms with Crippen molar-refractivity contribution in [2.45, 2.75) is 50.7 Å². The summed E-state index contributed by atoms with van der Waals surface area (Å²) >= 11 is 0. The molecule has 0 spiro atoms. The van der Waals surface area contributed by atoms with Gasteiger partial charge < -0.3 is 15.4 Å². The second-order valence-electron chi connectivity index (χ2n) is 5.99. The third-order valence-electron chi connectivity index (χ3n) is 4.53. The number of piperidine rings is 1. The smallest absolute Gasteiger partial charge is 0.252 e. The summed E-state index contributed by atoms with van der Waals surface area (Å²) in [5, 5.41) is 0. The molecule has 114 valence electrons. The lowest BCUT2D eigenvalue weighted by Gasteiger charge is -2.35. The van der Waals surface area contributed by atoms with Crippen LogP contribution in [0.25, 0.3) is 0 Å². The van der Waals surface area contributed by atoms with Crippen LogP contribution in [0.15, 0.2) is 18.5 Å². The number of hydrogen-bond donors (Lipinski definition) is 1. The highest BCUT2D eigenvalue weighted by atomic mass is 16.5. The van der Waals surface area contributed by atoms with Crippen LogP contribution in [-0.2, 0) is 4.74 Å². The van der Waals surface area contributed by atoms with Gasteiger partial charge in [0.05, 0.1) is 23.5 Å². The Hall–Kier alpha value is -1.62. The van der Waals surface area contributed by atoms with Crippen LogP contribution in [0.3, 0.4) is 0 Å². The number of rotatable bonds is 4. The van der Waals surface area contributed by atoms with Crippen molar-refractivity contribution in [3.8, 4) is 0 Å². The fourth-order valence-electron chi connectivity index (χ4n) is 3.38. The summed E-state index contributed by atoms with van der Waals surface area (Å²) in [6.45, 7) is 1.81. The lowest BCUT2D eigenvalue weighted by Crippen LogP contribution is -2.39. The van der Waals surface area contributed by atoms with Crippen LogP contribution in [0, 0.1) is 0 Å². The van der Waals surface area contributed by atoms with Crippen LogP contribution in [0.2, 0.25) is 0 Å². The van der Waals surface area contributed by atoms with Gasteiger partial charge in [-0.05, 0) is 31.7 Å². The SMILES string of the molecule is NC(=O)c1cnccc1N1CCC(OC2CCCC2)CC1. The number of anilines is 1. The molecule has 1 aliphatic carbocycles. The fourth-order valence-corrected chi connectivity index (χ4v) is 3.38. The Morgan fingerprint density at radius 1 is 1.19 bits per heavy atom. The van der Waals surface area contributed by atoms with E-state index in [1.807, 2.05) is 6.07 Å². The van der Waals surface area contributed by atoms with Crippen LogP contribution in [-0.4, -0.2) is 36.2 Å². The number of aromatic nitrogens is 1. The zero-order valence-corrected chi connectivity index (χ0v) is 12.3. The van der Waals surface area contributed by atoms with Crippen molar-refractivity contribution < 1.29 is 9.53 Å². The summed E-state index contributed by atoms with van der Waals surface area (Å²) in [6, 6.07) is 1.87. The number of primary amides is 1.